The molecule has 158 valence electrons. The minimum Gasteiger partial charge on any atom is -0.872 e. The Morgan fingerprint density at radius 3 is 1.26 bits per heavy atom. The number of carbonyl (C=O) groups excluding carboxylic acids is 1. The van der Waals surface area contributed by atoms with Crippen LogP contribution in [0, 0.1) is 18.2 Å². The van der Waals surface area contributed by atoms with Crippen molar-refractivity contribution in [1.29, 1.82) is 0 Å². The van der Waals surface area contributed by atoms with Crippen LogP contribution < -0.4 is 10.2 Å². The van der Waals surface area contributed by atoms with Gasteiger partial charge < -0.3 is 15.0 Å². The van der Waals surface area contributed by atoms with Crippen molar-refractivity contribution < 1.29 is 15.0 Å². The zero-order chi connectivity index (χ0) is 21.2. The van der Waals surface area contributed by atoms with Crippen LogP contribution in [0.2, 0.25) is 0 Å². The third-order valence-electron chi connectivity index (χ3n) is 2.98. The molecule has 0 N–H and O–H groups in total. The van der Waals surface area contributed by atoms with E-state index in [0.717, 1.165) is 0 Å². The fourth-order valence-electron chi connectivity index (χ4n) is 1.69. The molecule has 0 amide bonds. The number of hydrogen-bond donors (Lipinski definition) is 0. The van der Waals surface area contributed by atoms with Gasteiger partial charge in [0.25, 0.3) is 0 Å². The van der Waals surface area contributed by atoms with Gasteiger partial charge in [0.05, 0.1) is 5.97 Å². The summed E-state index contributed by atoms with van der Waals surface area (Å²) in [6, 6.07) is 41.4. The summed E-state index contributed by atoms with van der Waals surface area (Å²) >= 11 is 3.03. The molecule has 6 radical (unpaired) electrons. The molecule has 6 heteroatoms. The third-order valence-corrected chi connectivity index (χ3v) is 3.48. The molecule has 0 bridgehead atoms. The van der Waals surface area contributed by atoms with Crippen molar-refractivity contribution in [1.82, 2.24) is 0 Å². The second kappa shape index (κ2) is 21.0. The first-order valence-electron chi connectivity index (χ1n) is 8.52. The summed E-state index contributed by atoms with van der Waals surface area (Å²) in [4.78, 5) is 10.2. The molecule has 0 saturated carbocycles. The van der Waals surface area contributed by atoms with E-state index in [0.29, 0.717) is 4.47 Å². The van der Waals surface area contributed by atoms with Gasteiger partial charge in [-0.25, -0.2) is 0 Å². The Labute approximate surface area is 215 Å². The number of benzene rings is 4. The monoisotopic (exact) mass is 602 g/mol. The molecular weight excluding hydrogens is 585 g/mol. The third kappa shape index (κ3) is 17.1. The smallest absolute Gasteiger partial charge is 0.0709 e. The summed E-state index contributed by atoms with van der Waals surface area (Å²) in [7, 11) is 0. The average Bonchev–Trinajstić information content (AvgIpc) is 2.80. The van der Waals surface area contributed by atoms with Crippen molar-refractivity contribution >= 4 is 58.7 Å². The van der Waals surface area contributed by atoms with E-state index >= 15 is 0 Å². The van der Waals surface area contributed by atoms with Gasteiger partial charge in [-0.15, -0.1) is 12.4 Å². The van der Waals surface area contributed by atoms with E-state index in [1.165, 1.54) is 18.2 Å². The Morgan fingerprint density at radius 2 is 1.06 bits per heavy atom. The van der Waals surface area contributed by atoms with Gasteiger partial charge in [-0.1, -0.05) is 119 Å². The van der Waals surface area contributed by atoms with Crippen LogP contribution in [0.3, 0.4) is 0 Å². The second-order valence-electron chi connectivity index (χ2n) is 5.16. The van der Waals surface area contributed by atoms with Crippen LogP contribution in [-0.4, -0.2) is 30.4 Å². The van der Waals surface area contributed by atoms with Gasteiger partial charge >= 0.3 is 0 Å². The summed E-state index contributed by atoms with van der Waals surface area (Å²) in [6.45, 7) is 0. The van der Waals surface area contributed by atoms with Gasteiger partial charge in [0.15, 0.2) is 0 Å². The normalized spacial score (nSPS) is 8.03. The maximum Gasteiger partial charge on any atom is 0.0709 e. The molecule has 4 aromatic rings. The topological polar surface area (TPSA) is 63.2 Å². The largest absolute Gasteiger partial charge is 0.872 e. The number of carbonyl (C=O) groups is 1. The molecule has 0 aliphatic carbocycles. The van der Waals surface area contributed by atoms with Crippen molar-refractivity contribution in [2.45, 2.75) is 0 Å². The predicted molar refractivity (Wildman–Crippen MR) is 127 cm³/mol. The number of carboxylic acid groups (broad SMARTS) is 1. The Bertz CT molecular complexity index is 757. The van der Waals surface area contributed by atoms with Gasteiger partial charge in [-0.05, 0) is 35.9 Å². The van der Waals surface area contributed by atoms with Crippen LogP contribution in [0.25, 0.3) is 0 Å². The van der Waals surface area contributed by atoms with Gasteiger partial charge in [-0.3, -0.25) is 0 Å². The zero-order valence-electron chi connectivity index (χ0n) is 16.4. The molecular formula is C25H19BrClO3Sb-2. The molecule has 4 rings (SSSR count). The molecule has 0 aliphatic heterocycles. The SMILES string of the molecule is Cl.O=C([O-])c1cc(Br)ccc1[O-].[Sb].[c]1ccccc1.[c]1ccccc1.[c]1ccccc1. The predicted octanol–water partition coefficient (Wildman–Crippen LogP) is 4.39. The van der Waals surface area contributed by atoms with E-state index < -0.39 is 11.7 Å². The van der Waals surface area contributed by atoms with E-state index in [9.17, 15) is 15.0 Å². The van der Waals surface area contributed by atoms with Crippen molar-refractivity contribution in [2.24, 2.45) is 0 Å². The van der Waals surface area contributed by atoms with Crippen LogP contribution in [-0.2, 0) is 0 Å². The molecule has 0 atom stereocenters. The molecule has 0 spiro atoms. The molecule has 0 aliphatic rings. The maximum atomic E-state index is 10.8. The molecule has 0 unspecified atom stereocenters. The Morgan fingerprint density at radius 1 is 0.710 bits per heavy atom. The summed E-state index contributed by atoms with van der Waals surface area (Å²) in [5, 5.41) is 21.0. The summed E-state index contributed by atoms with van der Waals surface area (Å²) in [5.41, 5.74) is -0.320. The summed E-state index contributed by atoms with van der Waals surface area (Å²) in [5.74, 6) is -1.98. The fourth-order valence-corrected chi connectivity index (χ4v) is 2.05. The van der Waals surface area contributed by atoms with Crippen LogP contribution in [0.4, 0.5) is 0 Å². The Kier molecular flexibility index (Phi) is 20.9. The Hall–Kier alpha value is -2.26. The molecule has 3 nitrogen and oxygen atoms in total. The number of halogens is 2. The van der Waals surface area contributed by atoms with E-state index in [-0.39, 0.29) is 42.4 Å². The molecule has 0 aromatic heterocycles. The molecule has 31 heavy (non-hydrogen) atoms. The minimum absolute atomic E-state index is 0. The van der Waals surface area contributed by atoms with Gasteiger partial charge in [0.1, 0.15) is 0 Å². The quantitative estimate of drug-likeness (QED) is 0.303. The molecule has 0 saturated heterocycles. The number of aromatic carboxylic acids is 1. The maximum absolute atomic E-state index is 10.8. The molecule has 4 aromatic carbocycles. The first kappa shape index (κ1) is 30.9. The first-order valence-corrected chi connectivity index (χ1v) is 9.31. The first-order chi connectivity index (χ1) is 14.1. The van der Waals surface area contributed by atoms with Crippen molar-refractivity contribution in [3.8, 4) is 5.75 Å². The molecule has 0 fully saturated rings. The summed E-state index contributed by atoms with van der Waals surface area (Å²) < 4.78 is 0.552. The van der Waals surface area contributed by atoms with E-state index in [1.807, 2.05) is 91.0 Å². The van der Waals surface area contributed by atoms with Crippen molar-refractivity contribution in [3.63, 3.8) is 0 Å². The fraction of sp³-hybridized carbons (Fsp3) is 0. The standard InChI is InChI=1S/C7H5BrO3.3C6H5.ClH.Sb/c8-4-1-2-6(9)5(3-4)7(10)11;3*1-2-4-6-5-3-1;;/h1-3,9H,(H,10,11);3*1-5H;1H;/p-2. The summed E-state index contributed by atoms with van der Waals surface area (Å²) in [6.07, 6.45) is 0. The van der Waals surface area contributed by atoms with Crippen LogP contribution >= 0.6 is 28.3 Å². The van der Waals surface area contributed by atoms with Gasteiger partial charge in [0, 0.05) is 28.9 Å². The van der Waals surface area contributed by atoms with Gasteiger partial charge in [-0.2, -0.15) is 0 Å². The number of hydrogen-bond acceptors (Lipinski definition) is 3. The van der Waals surface area contributed by atoms with Crippen LogP contribution in [0.15, 0.2) is 114 Å². The van der Waals surface area contributed by atoms with Crippen molar-refractivity contribution in [3.05, 3.63) is 137 Å². The van der Waals surface area contributed by atoms with Crippen LogP contribution in [0.5, 0.6) is 5.75 Å². The van der Waals surface area contributed by atoms with E-state index in [1.54, 1.807) is 0 Å². The van der Waals surface area contributed by atoms with Gasteiger partial charge in [0.2, 0.25) is 0 Å². The molecule has 0 heterocycles. The second-order valence-corrected chi connectivity index (χ2v) is 6.08. The van der Waals surface area contributed by atoms with Crippen molar-refractivity contribution in [2.75, 3.05) is 0 Å². The zero-order valence-corrected chi connectivity index (χ0v) is 21.3. The van der Waals surface area contributed by atoms with E-state index in [4.69, 9.17) is 0 Å². The van der Waals surface area contributed by atoms with Crippen LogP contribution in [0.1, 0.15) is 10.4 Å². The van der Waals surface area contributed by atoms with E-state index in [2.05, 4.69) is 34.1 Å². The average molecular weight is 605 g/mol. The minimum atomic E-state index is -1.45. The Balaban J connectivity index is 0. The number of carboxylic acids is 1. The number of rotatable bonds is 1.